The number of urea groups is 1. The van der Waals surface area contributed by atoms with Crippen molar-refractivity contribution >= 4 is 17.5 Å². The molecular formula is C25H32N4O2. The zero-order valence-corrected chi connectivity index (χ0v) is 18.3. The first-order valence-corrected chi connectivity index (χ1v) is 11.3. The van der Waals surface area contributed by atoms with Crippen molar-refractivity contribution in [2.75, 3.05) is 44.2 Å². The number of hydrogen-bond donors (Lipinski definition) is 1. The molecule has 4 rings (SSSR count). The van der Waals surface area contributed by atoms with E-state index in [1.165, 1.54) is 31.5 Å². The molecule has 164 valence electrons. The number of hydrogen-bond acceptors (Lipinski definition) is 4. The highest BCUT2D eigenvalue weighted by Gasteiger charge is 2.21. The number of nitrogens with zero attached hydrogens (tertiary/aromatic N) is 3. The Labute approximate surface area is 184 Å². The number of benzene rings is 2. The number of carbonyl (C=O) groups is 2. The molecule has 0 aliphatic carbocycles. The molecule has 0 radical (unpaired) electrons. The maximum absolute atomic E-state index is 12.6. The quantitative estimate of drug-likeness (QED) is 0.727. The summed E-state index contributed by atoms with van der Waals surface area (Å²) in [6, 6.07) is 16.3. The summed E-state index contributed by atoms with van der Waals surface area (Å²) in [6.07, 6.45) is 2.62. The summed E-state index contributed by atoms with van der Waals surface area (Å²) in [5.74, 6) is 0.0780. The highest BCUT2D eigenvalue weighted by atomic mass is 16.2. The first-order chi connectivity index (χ1) is 15.1. The van der Waals surface area contributed by atoms with Crippen LogP contribution in [0.25, 0.3) is 0 Å². The lowest BCUT2D eigenvalue weighted by molar-refractivity contribution is 0.101. The summed E-state index contributed by atoms with van der Waals surface area (Å²) in [4.78, 5) is 30.6. The molecular weight excluding hydrogens is 388 g/mol. The van der Waals surface area contributed by atoms with Crippen molar-refractivity contribution in [3.05, 3.63) is 65.2 Å². The normalized spacial score (nSPS) is 17.1. The Bertz CT molecular complexity index is 881. The van der Waals surface area contributed by atoms with Crippen LogP contribution in [-0.2, 0) is 13.1 Å². The molecule has 1 N–H and O–H groups in total. The second-order valence-corrected chi connectivity index (χ2v) is 8.54. The lowest BCUT2D eigenvalue weighted by atomic mass is 10.1. The average Bonchev–Trinajstić information content (AvgIpc) is 3.32. The number of rotatable bonds is 6. The highest BCUT2D eigenvalue weighted by molar-refractivity contribution is 5.94. The minimum atomic E-state index is -0.00674. The van der Waals surface area contributed by atoms with Crippen LogP contribution in [0.4, 0.5) is 10.5 Å². The molecule has 2 saturated heterocycles. The van der Waals surface area contributed by atoms with Gasteiger partial charge in [0, 0.05) is 50.5 Å². The van der Waals surface area contributed by atoms with Crippen LogP contribution in [-0.4, -0.2) is 60.9 Å². The van der Waals surface area contributed by atoms with Crippen LogP contribution in [0.3, 0.4) is 0 Å². The highest BCUT2D eigenvalue weighted by Crippen LogP contribution is 2.18. The van der Waals surface area contributed by atoms with Gasteiger partial charge in [-0.1, -0.05) is 24.3 Å². The van der Waals surface area contributed by atoms with E-state index in [-0.39, 0.29) is 11.8 Å². The summed E-state index contributed by atoms with van der Waals surface area (Å²) in [5.41, 5.74) is 4.29. The van der Waals surface area contributed by atoms with Crippen LogP contribution in [0.2, 0.25) is 0 Å². The second kappa shape index (κ2) is 9.96. The van der Waals surface area contributed by atoms with E-state index in [0.717, 1.165) is 36.4 Å². The molecule has 0 spiro atoms. The minimum Gasteiger partial charge on any atom is -0.368 e. The Hall–Kier alpha value is -2.86. The van der Waals surface area contributed by atoms with Gasteiger partial charge >= 0.3 is 6.03 Å². The third-order valence-electron chi connectivity index (χ3n) is 6.28. The molecule has 2 aliphatic heterocycles. The van der Waals surface area contributed by atoms with Gasteiger partial charge in [-0.05, 0) is 68.2 Å². The van der Waals surface area contributed by atoms with Crippen LogP contribution in [0.15, 0.2) is 48.5 Å². The van der Waals surface area contributed by atoms with Crippen LogP contribution >= 0.6 is 0 Å². The summed E-state index contributed by atoms with van der Waals surface area (Å²) in [5, 5.41) is 3.06. The van der Waals surface area contributed by atoms with Crippen molar-refractivity contribution in [3.8, 4) is 0 Å². The van der Waals surface area contributed by atoms with Gasteiger partial charge in [-0.25, -0.2) is 4.79 Å². The number of nitrogens with one attached hydrogen (secondary N) is 1. The molecule has 6 heteroatoms. The maximum atomic E-state index is 12.6. The maximum Gasteiger partial charge on any atom is 0.317 e. The zero-order chi connectivity index (χ0) is 21.6. The van der Waals surface area contributed by atoms with Crippen LogP contribution in [0, 0.1) is 0 Å². The monoisotopic (exact) mass is 420 g/mol. The Kier molecular flexibility index (Phi) is 6.87. The Morgan fingerprint density at radius 2 is 1.42 bits per heavy atom. The van der Waals surface area contributed by atoms with Gasteiger partial charge in [-0.15, -0.1) is 0 Å². The summed E-state index contributed by atoms with van der Waals surface area (Å²) < 4.78 is 0. The van der Waals surface area contributed by atoms with Crippen molar-refractivity contribution in [3.63, 3.8) is 0 Å². The Morgan fingerprint density at radius 3 is 2.03 bits per heavy atom. The smallest absolute Gasteiger partial charge is 0.317 e. The first kappa shape index (κ1) is 21.4. The van der Waals surface area contributed by atoms with E-state index in [1.54, 1.807) is 6.92 Å². The molecule has 0 atom stereocenters. The average molecular weight is 421 g/mol. The fraction of sp³-hybridized carbons (Fsp3) is 0.440. The fourth-order valence-corrected chi connectivity index (χ4v) is 4.33. The molecule has 2 aromatic carbocycles. The third-order valence-corrected chi connectivity index (χ3v) is 6.28. The fourth-order valence-electron chi connectivity index (χ4n) is 4.33. The first-order valence-electron chi connectivity index (χ1n) is 11.3. The van der Waals surface area contributed by atoms with Gasteiger partial charge in [-0.2, -0.15) is 0 Å². The standard InChI is InChI=1S/C25H32N4O2/c1-20(30)23-8-10-24(11-9-23)28-14-16-29(17-15-28)25(31)26-18-21-4-6-22(7-5-21)19-27-12-2-3-13-27/h4-11H,2-3,12-19H2,1H3,(H,26,31). The molecule has 6 nitrogen and oxygen atoms in total. The third kappa shape index (κ3) is 5.64. The topological polar surface area (TPSA) is 55.9 Å². The van der Waals surface area contributed by atoms with Crippen molar-refractivity contribution in [2.24, 2.45) is 0 Å². The number of amides is 2. The van der Waals surface area contributed by atoms with Gasteiger partial charge in [0.2, 0.25) is 0 Å². The second-order valence-electron chi connectivity index (χ2n) is 8.54. The zero-order valence-electron chi connectivity index (χ0n) is 18.3. The molecule has 0 saturated carbocycles. The van der Waals surface area contributed by atoms with Gasteiger partial charge in [-0.3, -0.25) is 9.69 Å². The van der Waals surface area contributed by atoms with E-state index in [4.69, 9.17) is 0 Å². The van der Waals surface area contributed by atoms with Crippen molar-refractivity contribution in [2.45, 2.75) is 32.9 Å². The van der Waals surface area contributed by atoms with Gasteiger partial charge < -0.3 is 15.1 Å². The number of anilines is 1. The molecule has 0 bridgehead atoms. The van der Waals surface area contributed by atoms with E-state index in [1.807, 2.05) is 29.2 Å². The van der Waals surface area contributed by atoms with Gasteiger partial charge in [0.05, 0.1) is 0 Å². The SMILES string of the molecule is CC(=O)c1ccc(N2CCN(C(=O)NCc3ccc(CN4CCCC4)cc3)CC2)cc1. The number of ketones is 1. The lowest BCUT2D eigenvalue weighted by Gasteiger charge is -2.36. The lowest BCUT2D eigenvalue weighted by Crippen LogP contribution is -2.51. The number of carbonyl (C=O) groups excluding carboxylic acids is 2. The largest absolute Gasteiger partial charge is 0.368 e. The number of piperazine rings is 1. The Balaban J connectivity index is 1.21. The van der Waals surface area contributed by atoms with Crippen molar-refractivity contribution in [1.29, 1.82) is 0 Å². The Morgan fingerprint density at radius 1 is 0.806 bits per heavy atom. The van der Waals surface area contributed by atoms with E-state index >= 15 is 0 Å². The minimum absolute atomic E-state index is 0.00674. The summed E-state index contributed by atoms with van der Waals surface area (Å²) in [6.45, 7) is 8.52. The number of likely N-dealkylation sites (tertiary alicyclic amines) is 1. The molecule has 2 aromatic rings. The van der Waals surface area contributed by atoms with Gasteiger partial charge in [0.15, 0.2) is 5.78 Å². The molecule has 0 unspecified atom stereocenters. The number of Topliss-reactive ketones (excluding diaryl/α,β-unsaturated/α-hetero) is 1. The summed E-state index contributed by atoms with van der Waals surface area (Å²) in [7, 11) is 0. The van der Waals surface area contributed by atoms with E-state index in [9.17, 15) is 9.59 Å². The molecule has 2 aliphatic rings. The molecule has 2 heterocycles. The van der Waals surface area contributed by atoms with E-state index in [0.29, 0.717) is 19.6 Å². The van der Waals surface area contributed by atoms with Crippen LogP contribution in [0.5, 0.6) is 0 Å². The molecule has 31 heavy (non-hydrogen) atoms. The molecule has 0 aromatic heterocycles. The van der Waals surface area contributed by atoms with Crippen LogP contribution in [0.1, 0.15) is 41.3 Å². The van der Waals surface area contributed by atoms with E-state index < -0.39 is 0 Å². The predicted molar refractivity (Wildman–Crippen MR) is 123 cm³/mol. The molecule has 2 amide bonds. The van der Waals surface area contributed by atoms with E-state index in [2.05, 4.69) is 39.4 Å². The van der Waals surface area contributed by atoms with Crippen molar-refractivity contribution in [1.82, 2.24) is 15.1 Å². The van der Waals surface area contributed by atoms with Gasteiger partial charge in [0.25, 0.3) is 0 Å². The molecule has 2 fully saturated rings. The van der Waals surface area contributed by atoms with Crippen molar-refractivity contribution < 1.29 is 9.59 Å². The van der Waals surface area contributed by atoms with Crippen LogP contribution < -0.4 is 10.2 Å². The summed E-state index contributed by atoms with van der Waals surface area (Å²) >= 11 is 0. The van der Waals surface area contributed by atoms with Gasteiger partial charge in [0.1, 0.15) is 0 Å². The predicted octanol–water partition coefficient (Wildman–Crippen LogP) is 3.52.